The van der Waals surface area contributed by atoms with E-state index >= 15 is 0 Å². The van der Waals surface area contributed by atoms with Crippen molar-refractivity contribution in [3.8, 4) is 0 Å². The van der Waals surface area contributed by atoms with Crippen LogP contribution in [0.1, 0.15) is 25.8 Å². The van der Waals surface area contributed by atoms with E-state index in [9.17, 15) is 4.79 Å². The lowest BCUT2D eigenvalue weighted by molar-refractivity contribution is -0.126. The van der Waals surface area contributed by atoms with Crippen molar-refractivity contribution in [1.82, 2.24) is 10.3 Å². The molecule has 0 aliphatic carbocycles. The van der Waals surface area contributed by atoms with Gasteiger partial charge in [-0.3, -0.25) is 4.79 Å². The molecule has 0 spiro atoms. The maximum absolute atomic E-state index is 12.6. The molecule has 1 unspecified atom stereocenters. The number of aromatic nitrogens is 1. The van der Waals surface area contributed by atoms with Gasteiger partial charge < -0.3 is 10.6 Å². The normalized spacial score (nSPS) is 22.8. The zero-order valence-corrected chi connectivity index (χ0v) is 12.3. The van der Waals surface area contributed by atoms with Gasteiger partial charge in [0.15, 0.2) is 5.15 Å². The van der Waals surface area contributed by atoms with Crippen LogP contribution in [0.2, 0.25) is 5.15 Å². The summed E-state index contributed by atoms with van der Waals surface area (Å²) in [4.78, 5) is 16.7. The lowest BCUT2D eigenvalue weighted by Crippen LogP contribution is -2.42. The fourth-order valence-corrected chi connectivity index (χ4v) is 2.70. The molecule has 1 fully saturated rings. The number of carbonyl (C=O) groups is 1. The van der Waals surface area contributed by atoms with Gasteiger partial charge in [-0.05, 0) is 37.4 Å². The van der Waals surface area contributed by atoms with Crippen molar-refractivity contribution >= 4 is 23.2 Å². The number of hydrogen-bond acceptors (Lipinski definition) is 3. The number of nitrogens with one attached hydrogen (secondary N) is 2. The Balaban J connectivity index is 2.22. The van der Waals surface area contributed by atoms with Gasteiger partial charge >= 0.3 is 0 Å². The first-order valence-electron chi connectivity index (χ1n) is 6.60. The van der Waals surface area contributed by atoms with Crippen molar-refractivity contribution in [2.45, 2.75) is 27.2 Å². The quantitative estimate of drug-likeness (QED) is 0.838. The summed E-state index contributed by atoms with van der Waals surface area (Å²) in [5.41, 5.74) is 1.22. The summed E-state index contributed by atoms with van der Waals surface area (Å²) >= 11 is 6.03. The Hall–Kier alpha value is -1.13. The second-order valence-electron chi connectivity index (χ2n) is 5.54. The molecular formula is C14H20ClN3O. The van der Waals surface area contributed by atoms with Gasteiger partial charge in [-0.15, -0.1) is 0 Å². The van der Waals surface area contributed by atoms with Crippen LogP contribution in [0.25, 0.3) is 0 Å². The van der Waals surface area contributed by atoms with E-state index in [-0.39, 0.29) is 17.2 Å². The van der Waals surface area contributed by atoms with E-state index in [0.717, 1.165) is 18.5 Å². The Morgan fingerprint density at radius 2 is 2.32 bits per heavy atom. The van der Waals surface area contributed by atoms with Crippen LogP contribution < -0.4 is 10.6 Å². The highest BCUT2D eigenvalue weighted by Crippen LogP contribution is 2.36. The second kappa shape index (κ2) is 5.47. The van der Waals surface area contributed by atoms with E-state index in [1.807, 2.05) is 13.0 Å². The molecule has 19 heavy (non-hydrogen) atoms. The molecular weight excluding hydrogens is 262 g/mol. The molecule has 1 atom stereocenters. The number of nitrogens with zero attached hydrogens (tertiary/aromatic N) is 1. The molecule has 0 saturated carbocycles. The smallest absolute Gasteiger partial charge is 0.232 e. The Kier molecular flexibility index (Phi) is 4.11. The molecule has 1 amide bonds. The predicted octanol–water partition coefficient (Wildman–Crippen LogP) is 2.62. The zero-order valence-electron chi connectivity index (χ0n) is 11.6. The van der Waals surface area contributed by atoms with Gasteiger partial charge in [0.2, 0.25) is 5.91 Å². The summed E-state index contributed by atoms with van der Waals surface area (Å²) in [7, 11) is 0. The highest BCUT2D eigenvalue weighted by atomic mass is 35.5. The highest BCUT2D eigenvalue weighted by molar-refractivity contribution is 6.32. The molecule has 4 nitrogen and oxygen atoms in total. The maximum Gasteiger partial charge on any atom is 0.232 e. The number of aryl methyl sites for hydroxylation is 1. The number of rotatable bonds is 3. The van der Waals surface area contributed by atoms with Crippen molar-refractivity contribution in [2.75, 3.05) is 18.4 Å². The molecule has 2 heterocycles. The monoisotopic (exact) mass is 281 g/mol. The SMILES string of the molecule is Cc1cnc(Cl)c(NC(=O)C2(C(C)C)CCNC2)c1. The van der Waals surface area contributed by atoms with E-state index < -0.39 is 0 Å². The summed E-state index contributed by atoms with van der Waals surface area (Å²) in [6.45, 7) is 7.69. The molecule has 0 bridgehead atoms. The topological polar surface area (TPSA) is 54.0 Å². The molecule has 1 aliphatic heterocycles. The van der Waals surface area contributed by atoms with Crippen LogP contribution >= 0.6 is 11.6 Å². The minimum Gasteiger partial charge on any atom is -0.323 e. The number of halogens is 1. The summed E-state index contributed by atoms with van der Waals surface area (Å²) in [6.07, 6.45) is 2.54. The van der Waals surface area contributed by atoms with E-state index in [2.05, 4.69) is 29.5 Å². The van der Waals surface area contributed by atoms with Crippen LogP contribution in [-0.2, 0) is 4.79 Å². The van der Waals surface area contributed by atoms with Crippen LogP contribution in [0.4, 0.5) is 5.69 Å². The summed E-state index contributed by atoms with van der Waals surface area (Å²) < 4.78 is 0. The summed E-state index contributed by atoms with van der Waals surface area (Å²) in [6, 6.07) is 1.85. The predicted molar refractivity (Wildman–Crippen MR) is 77.4 cm³/mol. The molecule has 1 aromatic heterocycles. The van der Waals surface area contributed by atoms with E-state index in [1.165, 1.54) is 0 Å². The summed E-state index contributed by atoms with van der Waals surface area (Å²) in [5.74, 6) is 0.306. The molecule has 1 aliphatic rings. The van der Waals surface area contributed by atoms with Gasteiger partial charge in [0.05, 0.1) is 11.1 Å². The molecule has 2 rings (SSSR count). The number of anilines is 1. The van der Waals surface area contributed by atoms with Crippen LogP contribution in [0.15, 0.2) is 12.3 Å². The van der Waals surface area contributed by atoms with Crippen LogP contribution in [0, 0.1) is 18.3 Å². The first kappa shape index (κ1) is 14.3. The van der Waals surface area contributed by atoms with Crippen molar-refractivity contribution in [3.05, 3.63) is 23.0 Å². The highest BCUT2D eigenvalue weighted by Gasteiger charge is 2.44. The minimum atomic E-state index is -0.354. The third kappa shape index (κ3) is 2.74. The van der Waals surface area contributed by atoms with Gasteiger partial charge in [-0.25, -0.2) is 4.98 Å². The molecule has 1 saturated heterocycles. The van der Waals surface area contributed by atoms with Crippen LogP contribution in [0.3, 0.4) is 0 Å². The fourth-order valence-electron chi connectivity index (χ4n) is 2.55. The van der Waals surface area contributed by atoms with Gasteiger partial charge in [-0.2, -0.15) is 0 Å². The Bertz CT molecular complexity index is 482. The van der Waals surface area contributed by atoms with Crippen molar-refractivity contribution in [2.24, 2.45) is 11.3 Å². The molecule has 104 valence electrons. The number of hydrogen-bond donors (Lipinski definition) is 2. The van der Waals surface area contributed by atoms with E-state index in [1.54, 1.807) is 6.20 Å². The average molecular weight is 282 g/mol. The van der Waals surface area contributed by atoms with Crippen LogP contribution in [-0.4, -0.2) is 24.0 Å². The third-order valence-corrected chi connectivity index (χ3v) is 4.27. The van der Waals surface area contributed by atoms with Crippen molar-refractivity contribution in [3.63, 3.8) is 0 Å². The summed E-state index contributed by atoms with van der Waals surface area (Å²) in [5, 5.41) is 6.56. The lowest BCUT2D eigenvalue weighted by Gasteiger charge is -2.31. The Morgan fingerprint density at radius 1 is 1.58 bits per heavy atom. The number of pyridine rings is 1. The van der Waals surface area contributed by atoms with Gasteiger partial charge in [-0.1, -0.05) is 25.4 Å². The molecule has 2 N–H and O–H groups in total. The fraction of sp³-hybridized carbons (Fsp3) is 0.571. The maximum atomic E-state index is 12.6. The third-order valence-electron chi connectivity index (χ3n) is 3.97. The second-order valence-corrected chi connectivity index (χ2v) is 5.90. The molecule has 0 aromatic carbocycles. The van der Waals surface area contributed by atoms with Crippen LogP contribution in [0.5, 0.6) is 0 Å². The standard InChI is InChI=1S/C14H20ClN3O/c1-9(2)14(4-5-16-8-14)13(19)18-11-6-10(3)7-17-12(11)15/h6-7,9,16H,4-5,8H2,1-3H3,(H,18,19). The number of carbonyl (C=O) groups excluding carboxylic acids is 1. The first-order chi connectivity index (χ1) is 8.95. The molecule has 0 radical (unpaired) electrons. The van der Waals surface area contributed by atoms with E-state index in [0.29, 0.717) is 17.4 Å². The van der Waals surface area contributed by atoms with Gasteiger partial charge in [0.1, 0.15) is 0 Å². The van der Waals surface area contributed by atoms with Gasteiger partial charge in [0.25, 0.3) is 0 Å². The molecule has 1 aromatic rings. The lowest BCUT2D eigenvalue weighted by atomic mass is 9.75. The number of amides is 1. The van der Waals surface area contributed by atoms with Crippen molar-refractivity contribution < 1.29 is 4.79 Å². The largest absolute Gasteiger partial charge is 0.323 e. The molecule has 5 heteroatoms. The van der Waals surface area contributed by atoms with Gasteiger partial charge in [0, 0.05) is 12.7 Å². The Labute approximate surface area is 118 Å². The van der Waals surface area contributed by atoms with Crippen molar-refractivity contribution in [1.29, 1.82) is 0 Å². The zero-order chi connectivity index (χ0) is 14.0. The minimum absolute atomic E-state index is 0.0294. The Morgan fingerprint density at radius 3 is 2.89 bits per heavy atom. The van der Waals surface area contributed by atoms with E-state index in [4.69, 9.17) is 11.6 Å². The first-order valence-corrected chi connectivity index (χ1v) is 6.98. The average Bonchev–Trinajstić information content (AvgIpc) is 2.84.